The summed E-state index contributed by atoms with van der Waals surface area (Å²) >= 11 is 6.06. The highest BCUT2D eigenvalue weighted by atomic mass is 35.5. The lowest BCUT2D eigenvalue weighted by molar-refractivity contribution is -0.132. The van der Waals surface area contributed by atoms with Crippen molar-refractivity contribution in [2.24, 2.45) is 5.92 Å². The molecule has 9 heteroatoms. The lowest BCUT2D eigenvalue weighted by Crippen LogP contribution is -2.40. The van der Waals surface area contributed by atoms with Crippen LogP contribution in [0, 0.1) is 5.92 Å². The van der Waals surface area contributed by atoms with Crippen molar-refractivity contribution < 1.29 is 19.1 Å². The Kier molecular flexibility index (Phi) is 6.43. The van der Waals surface area contributed by atoms with E-state index in [-0.39, 0.29) is 30.2 Å². The minimum atomic E-state index is -0.295. The van der Waals surface area contributed by atoms with E-state index >= 15 is 0 Å². The molecule has 0 N–H and O–H groups in total. The number of hydrogen-bond donors (Lipinski definition) is 0. The number of aromatic nitrogens is 2. The topological polar surface area (TPSA) is 76.4 Å². The number of ether oxygens (including phenoxy) is 2. The van der Waals surface area contributed by atoms with E-state index in [1.165, 1.54) is 12.8 Å². The molecule has 0 spiro atoms. The van der Waals surface area contributed by atoms with Gasteiger partial charge >= 0.3 is 0 Å². The summed E-state index contributed by atoms with van der Waals surface area (Å²) in [7, 11) is 1.62. The van der Waals surface area contributed by atoms with Gasteiger partial charge in [-0.15, -0.1) is 0 Å². The SMILES string of the molecule is COc1cccc(CN2CC(OCC3CC3)CN(C(=O)c3cn4cc(Cl)ccc4n3)CC2=O)c1. The van der Waals surface area contributed by atoms with E-state index in [0.717, 1.165) is 11.3 Å². The first kappa shape index (κ1) is 22.7. The Balaban J connectivity index is 1.36. The fourth-order valence-electron chi connectivity index (χ4n) is 4.17. The van der Waals surface area contributed by atoms with Crippen LogP contribution in [0.1, 0.15) is 28.9 Å². The average molecular weight is 483 g/mol. The van der Waals surface area contributed by atoms with Gasteiger partial charge in [0.2, 0.25) is 5.91 Å². The summed E-state index contributed by atoms with van der Waals surface area (Å²) in [4.78, 5) is 34.4. The van der Waals surface area contributed by atoms with Gasteiger partial charge in [0, 0.05) is 38.6 Å². The largest absolute Gasteiger partial charge is 0.497 e. The van der Waals surface area contributed by atoms with Crippen molar-refractivity contribution in [3.05, 3.63) is 65.1 Å². The summed E-state index contributed by atoms with van der Waals surface area (Å²) in [6.45, 7) is 1.81. The van der Waals surface area contributed by atoms with Crippen LogP contribution in [0.5, 0.6) is 5.75 Å². The van der Waals surface area contributed by atoms with Gasteiger partial charge in [-0.1, -0.05) is 23.7 Å². The van der Waals surface area contributed by atoms with Gasteiger partial charge in [0.1, 0.15) is 23.6 Å². The Morgan fingerprint density at radius 1 is 1.18 bits per heavy atom. The second-order valence-electron chi connectivity index (χ2n) is 8.95. The number of carbonyl (C=O) groups excluding carboxylic acids is 2. The summed E-state index contributed by atoms with van der Waals surface area (Å²) in [5, 5.41) is 0.551. The lowest BCUT2D eigenvalue weighted by atomic mass is 10.2. The molecule has 178 valence electrons. The first-order valence-corrected chi connectivity index (χ1v) is 11.8. The van der Waals surface area contributed by atoms with Gasteiger partial charge < -0.3 is 23.7 Å². The van der Waals surface area contributed by atoms with Gasteiger partial charge in [-0.3, -0.25) is 9.59 Å². The average Bonchev–Trinajstić information content (AvgIpc) is 3.59. The number of benzene rings is 1. The van der Waals surface area contributed by atoms with Crippen molar-refractivity contribution in [2.75, 3.05) is 33.4 Å². The number of methoxy groups -OCH3 is 1. The molecule has 5 rings (SSSR count). The number of halogens is 1. The Hall–Kier alpha value is -3.10. The van der Waals surface area contributed by atoms with Gasteiger partial charge in [0.05, 0.1) is 18.2 Å². The van der Waals surface area contributed by atoms with Gasteiger partial charge in [-0.2, -0.15) is 0 Å². The van der Waals surface area contributed by atoms with Gasteiger partial charge in [-0.05, 0) is 48.6 Å². The number of amides is 2. The summed E-state index contributed by atoms with van der Waals surface area (Å²) in [5.41, 5.74) is 1.86. The molecule has 2 aliphatic rings. The molecule has 2 fully saturated rings. The van der Waals surface area contributed by atoms with Crippen LogP contribution >= 0.6 is 11.6 Å². The second-order valence-corrected chi connectivity index (χ2v) is 9.39. The van der Waals surface area contributed by atoms with Gasteiger partial charge in [0.25, 0.3) is 5.91 Å². The molecule has 1 unspecified atom stereocenters. The van der Waals surface area contributed by atoms with E-state index in [1.54, 1.807) is 45.8 Å². The third-order valence-corrected chi connectivity index (χ3v) is 6.44. The molecular formula is C25H27ClN4O4. The van der Waals surface area contributed by atoms with Crippen molar-refractivity contribution in [3.8, 4) is 5.75 Å². The summed E-state index contributed by atoms with van der Waals surface area (Å²) in [6, 6.07) is 11.1. The smallest absolute Gasteiger partial charge is 0.274 e. The highest BCUT2D eigenvalue weighted by Crippen LogP contribution is 2.29. The first-order valence-electron chi connectivity index (χ1n) is 11.4. The van der Waals surface area contributed by atoms with E-state index < -0.39 is 0 Å². The molecule has 2 amide bonds. The summed E-state index contributed by atoms with van der Waals surface area (Å²) in [6.07, 6.45) is 5.42. The van der Waals surface area contributed by atoms with Crippen LogP contribution in [0.2, 0.25) is 5.02 Å². The number of nitrogens with zero attached hydrogens (tertiary/aromatic N) is 4. The standard InChI is InChI=1S/C25H27ClN4O4/c1-33-20-4-2-3-18(9-20)10-29-12-21(34-16-17-5-6-17)13-30(15-24(29)31)25(32)22-14-28-11-19(26)7-8-23(28)27-22/h2-4,7-9,11,14,17,21H,5-6,10,12-13,15-16H2,1H3. The number of imidazole rings is 1. The molecule has 3 heterocycles. The Morgan fingerprint density at radius 2 is 2.03 bits per heavy atom. The molecule has 3 aromatic rings. The van der Waals surface area contributed by atoms with Crippen LogP contribution < -0.4 is 4.74 Å². The number of fused-ring (bicyclic) bond motifs is 1. The van der Waals surface area contributed by atoms with E-state index in [9.17, 15) is 9.59 Å². The molecular weight excluding hydrogens is 456 g/mol. The molecule has 1 atom stereocenters. The molecule has 1 aliphatic heterocycles. The van der Waals surface area contributed by atoms with Crippen LogP contribution in [-0.4, -0.2) is 70.5 Å². The van der Waals surface area contributed by atoms with Crippen molar-refractivity contribution in [1.82, 2.24) is 19.2 Å². The maximum atomic E-state index is 13.4. The molecule has 0 radical (unpaired) electrons. The van der Waals surface area contributed by atoms with Crippen LogP contribution in [0.4, 0.5) is 0 Å². The number of carbonyl (C=O) groups is 2. The van der Waals surface area contributed by atoms with E-state index in [4.69, 9.17) is 21.1 Å². The predicted molar refractivity (Wildman–Crippen MR) is 127 cm³/mol. The van der Waals surface area contributed by atoms with Crippen molar-refractivity contribution >= 4 is 29.1 Å². The molecule has 1 aromatic carbocycles. The molecule has 0 bridgehead atoms. The molecule has 1 saturated heterocycles. The molecule has 1 aliphatic carbocycles. The zero-order chi connectivity index (χ0) is 23.7. The third kappa shape index (κ3) is 5.18. The van der Waals surface area contributed by atoms with E-state index in [1.807, 2.05) is 24.3 Å². The van der Waals surface area contributed by atoms with Crippen molar-refractivity contribution in [2.45, 2.75) is 25.5 Å². The zero-order valence-electron chi connectivity index (χ0n) is 19.0. The van der Waals surface area contributed by atoms with E-state index in [2.05, 4.69) is 4.98 Å². The Bertz CT molecular complexity index is 1210. The third-order valence-electron chi connectivity index (χ3n) is 6.22. The monoisotopic (exact) mass is 482 g/mol. The van der Waals surface area contributed by atoms with E-state index in [0.29, 0.717) is 42.8 Å². The minimum absolute atomic E-state index is 0.0271. The highest BCUT2D eigenvalue weighted by Gasteiger charge is 2.33. The maximum absolute atomic E-state index is 13.4. The molecule has 2 aromatic heterocycles. The second kappa shape index (κ2) is 9.64. The predicted octanol–water partition coefficient (Wildman–Crippen LogP) is 3.28. The van der Waals surface area contributed by atoms with Crippen molar-refractivity contribution in [3.63, 3.8) is 0 Å². The van der Waals surface area contributed by atoms with Gasteiger partial charge in [-0.25, -0.2) is 4.98 Å². The highest BCUT2D eigenvalue weighted by molar-refractivity contribution is 6.30. The normalized spacial score (nSPS) is 18.9. The summed E-state index contributed by atoms with van der Waals surface area (Å²) in [5.74, 6) is 0.903. The van der Waals surface area contributed by atoms with Crippen LogP contribution in [0.25, 0.3) is 5.65 Å². The fourth-order valence-corrected chi connectivity index (χ4v) is 4.34. The molecule has 8 nitrogen and oxygen atoms in total. The quantitative estimate of drug-likeness (QED) is 0.516. The Morgan fingerprint density at radius 3 is 2.82 bits per heavy atom. The Labute approximate surface area is 203 Å². The lowest BCUT2D eigenvalue weighted by Gasteiger charge is -2.25. The van der Waals surface area contributed by atoms with Crippen LogP contribution in [-0.2, 0) is 16.1 Å². The maximum Gasteiger partial charge on any atom is 0.274 e. The first-order chi connectivity index (χ1) is 16.5. The zero-order valence-corrected chi connectivity index (χ0v) is 19.8. The summed E-state index contributed by atoms with van der Waals surface area (Å²) < 4.78 is 13.2. The minimum Gasteiger partial charge on any atom is -0.497 e. The fraction of sp³-hybridized carbons (Fsp3) is 0.400. The number of pyridine rings is 1. The van der Waals surface area contributed by atoms with Crippen LogP contribution in [0.15, 0.2) is 48.8 Å². The molecule has 1 saturated carbocycles. The number of hydrogen-bond acceptors (Lipinski definition) is 5. The van der Waals surface area contributed by atoms with Gasteiger partial charge in [0.15, 0.2) is 0 Å². The molecule has 34 heavy (non-hydrogen) atoms. The number of rotatable bonds is 7. The van der Waals surface area contributed by atoms with Crippen LogP contribution in [0.3, 0.4) is 0 Å². The van der Waals surface area contributed by atoms with Crippen molar-refractivity contribution in [1.29, 1.82) is 0 Å².